The summed E-state index contributed by atoms with van der Waals surface area (Å²) in [6, 6.07) is 7.13. The zero-order valence-electron chi connectivity index (χ0n) is 13.3. The number of phenols is 1. The van der Waals surface area contributed by atoms with E-state index < -0.39 is 4.92 Å². The number of fused-ring (bicyclic) bond motifs is 2. The van der Waals surface area contributed by atoms with Crippen molar-refractivity contribution < 1.29 is 10.0 Å². The van der Waals surface area contributed by atoms with Gasteiger partial charge in [-0.15, -0.1) is 0 Å². The van der Waals surface area contributed by atoms with E-state index >= 15 is 0 Å². The number of benzene rings is 2. The molecule has 1 aromatic heterocycles. The summed E-state index contributed by atoms with van der Waals surface area (Å²) in [5, 5.41) is 22.0. The van der Waals surface area contributed by atoms with Crippen LogP contribution >= 0.6 is 22.9 Å². The van der Waals surface area contributed by atoms with Crippen molar-refractivity contribution in [3.8, 4) is 5.75 Å². The van der Waals surface area contributed by atoms with Gasteiger partial charge in [0.05, 0.1) is 9.62 Å². The minimum Gasteiger partial charge on any atom is -0.508 e. The van der Waals surface area contributed by atoms with Crippen molar-refractivity contribution in [2.45, 2.75) is 19.9 Å². The molecule has 2 heterocycles. The lowest BCUT2D eigenvalue weighted by Gasteiger charge is -2.28. The van der Waals surface area contributed by atoms with E-state index in [4.69, 9.17) is 11.6 Å². The van der Waals surface area contributed by atoms with Crippen LogP contribution in [0.2, 0.25) is 5.02 Å². The van der Waals surface area contributed by atoms with E-state index in [1.165, 1.54) is 11.3 Å². The first kappa shape index (κ1) is 16.1. The first-order valence-corrected chi connectivity index (χ1v) is 8.93. The average molecular weight is 376 g/mol. The summed E-state index contributed by atoms with van der Waals surface area (Å²) in [7, 11) is 0. The molecule has 0 amide bonds. The number of nitro groups is 1. The third-order valence-electron chi connectivity index (χ3n) is 4.46. The number of halogens is 1. The number of hydrogen-bond donors (Lipinski definition) is 1. The number of nitrogens with zero attached hydrogens (tertiary/aromatic N) is 3. The van der Waals surface area contributed by atoms with Gasteiger partial charge in [-0.1, -0.05) is 29.0 Å². The molecule has 0 bridgehead atoms. The Hall–Kier alpha value is -2.38. The number of nitro benzene ring substituents is 1. The summed E-state index contributed by atoms with van der Waals surface area (Å²) < 4.78 is 0.749. The number of rotatable bonds is 2. The van der Waals surface area contributed by atoms with Gasteiger partial charge in [0, 0.05) is 13.1 Å². The van der Waals surface area contributed by atoms with E-state index in [1.807, 2.05) is 19.1 Å². The Bertz CT molecular complexity index is 1020. The van der Waals surface area contributed by atoms with Crippen LogP contribution in [0.5, 0.6) is 5.75 Å². The van der Waals surface area contributed by atoms with Gasteiger partial charge in [0.2, 0.25) is 0 Å². The molecule has 1 aliphatic rings. The Kier molecular flexibility index (Phi) is 3.77. The van der Waals surface area contributed by atoms with Crippen molar-refractivity contribution in [2.75, 3.05) is 11.4 Å². The number of phenolic OH excluding ortho intramolecular Hbond substituents is 1. The summed E-state index contributed by atoms with van der Waals surface area (Å²) in [5.74, 6) is 0.317. The average Bonchev–Trinajstić information content (AvgIpc) is 2.99. The molecule has 0 unspecified atom stereocenters. The number of aromatic hydroxyl groups is 1. The van der Waals surface area contributed by atoms with E-state index in [0.29, 0.717) is 17.8 Å². The fourth-order valence-electron chi connectivity index (χ4n) is 3.14. The minimum atomic E-state index is -0.480. The monoisotopic (exact) mass is 375 g/mol. The highest BCUT2D eigenvalue weighted by Crippen LogP contribution is 2.39. The van der Waals surface area contributed by atoms with Gasteiger partial charge in [-0.3, -0.25) is 10.1 Å². The number of anilines is 1. The normalized spacial score (nSPS) is 13.9. The molecule has 1 N–H and O–H groups in total. The fourth-order valence-corrected chi connectivity index (χ4v) is 4.35. The highest BCUT2D eigenvalue weighted by Gasteiger charge is 2.25. The number of aryl methyl sites for hydroxylation is 1. The van der Waals surface area contributed by atoms with E-state index in [2.05, 4.69) is 9.88 Å². The standard InChI is InChI=1S/C17H14ClN3O3S/c1-9-6-11-8-20(5-4-10(11)7-13(9)22)17-19-15-14(25-17)3-2-12(18)16(15)21(23)24/h2-3,6-7,22H,4-5,8H2,1H3. The van der Waals surface area contributed by atoms with Gasteiger partial charge in [-0.2, -0.15) is 0 Å². The molecule has 8 heteroatoms. The van der Waals surface area contributed by atoms with Crippen LogP contribution in [0.1, 0.15) is 16.7 Å². The highest BCUT2D eigenvalue weighted by atomic mass is 35.5. The lowest BCUT2D eigenvalue weighted by Crippen LogP contribution is -2.30. The second kappa shape index (κ2) is 5.86. The molecule has 0 spiro atoms. The summed E-state index contributed by atoms with van der Waals surface area (Å²) >= 11 is 7.41. The Balaban J connectivity index is 1.74. The van der Waals surface area contributed by atoms with Crippen molar-refractivity contribution >= 4 is 44.0 Å². The van der Waals surface area contributed by atoms with Crippen LogP contribution in [-0.4, -0.2) is 21.6 Å². The number of aromatic nitrogens is 1. The second-order valence-corrected chi connectivity index (χ2v) is 7.49. The Morgan fingerprint density at radius 2 is 2.16 bits per heavy atom. The zero-order chi connectivity index (χ0) is 17.7. The molecule has 0 saturated carbocycles. The lowest BCUT2D eigenvalue weighted by molar-refractivity contribution is -0.383. The van der Waals surface area contributed by atoms with Crippen molar-refractivity contribution in [1.29, 1.82) is 0 Å². The van der Waals surface area contributed by atoms with Crippen molar-refractivity contribution in [3.63, 3.8) is 0 Å². The molecular weight excluding hydrogens is 362 g/mol. The third-order valence-corrected chi connectivity index (χ3v) is 5.84. The molecule has 25 heavy (non-hydrogen) atoms. The zero-order valence-corrected chi connectivity index (χ0v) is 14.9. The molecular formula is C17H14ClN3O3S. The maximum Gasteiger partial charge on any atom is 0.314 e. The molecule has 3 aromatic rings. The van der Waals surface area contributed by atoms with E-state index in [1.54, 1.807) is 12.1 Å². The molecule has 0 radical (unpaired) electrons. The van der Waals surface area contributed by atoms with Crippen LogP contribution in [-0.2, 0) is 13.0 Å². The van der Waals surface area contributed by atoms with Gasteiger partial charge in [-0.05, 0) is 48.2 Å². The summed E-state index contributed by atoms with van der Waals surface area (Å²) in [4.78, 5) is 17.4. The molecule has 128 valence electrons. The van der Waals surface area contributed by atoms with Gasteiger partial charge in [0.1, 0.15) is 10.8 Å². The molecule has 4 rings (SSSR count). The molecule has 0 saturated heterocycles. The SMILES string of the molecule is Cc1cc2c(cc1O)CCN(c1nc3c([N+](=O)[O-])c(Cl)ccc3s1)C2. The molecule has 0 atom stereocenters. The topological polar surface area (TPSA) is 79.5 Å². The predicted octanol–water partition coefficient (Wildman–Crippen LogP) is 4.43. The molecule has 1 aliphatic heterocycles. The second-order valence-electron chi connectivity index (χ2n) is 6.08. The van der Waals surface area contributed by atoms with Gasteiger partial charge < -0.3 is 10.0 Å². The maximum atomic E-state index is 11.3. The van der Waals surface area contributed by atoms with Crippen LogP contribution in [0.15, 0.2) is 24.3 Å². The molecule has 0 fully saturated rings. The van der Waals surface area contributed by atoms with Gasteiger partial charge in [0.25, 0.3) is 0 Å². The molecule has 6 nitrogen and oxygen atoms in total. The quantitative estimate of drug-likeness (QED) is 0.529. The Labute approximate surface area is 152 Å². The first-order valence-electron chi connectivity index (χ1n) is 7.74. The summed E-state index contributed by atoms with van der Waals surface area (Å²) in [6.07, 6.45) is 0.794. The molecule has 0 aliphatic carbocycles. The van der Waals surface area contributed by atoms with Gasteiger partial charge >= 0.3 is 5.69 Å². The summed E-state index contributed by atoms with van der Waals surface area (Å²) in [6.45, 7) is 3.28. The largest absolute Gasteiger partial charge is 0.508 e. The van der Waals surface area contributed by atoms with Crippen LogP contribution in [0.3, 0.4) is 0 Å². The van der Waals surface area contributed by atoms with Crippen LogP contribution < -0.4 is 4.90 Å². The van der Waals surface area contributed by atoms with E-state index in [0.717, 1.165) is 39.5 Å². The van der Waals surface area contributed by atoms with Crippen LogP contribution in [0.4, 0.5) is 10.8 Å². The Morgan fingerprint density at radius 3 is 2.92 bits per heavy atom. The van der Waals surface area contributed by atoms with Crippen molar-refractivity contribution in [2.24, 2.45) is 0 Å². The highest BCUT2D eigenvalue weighted by molar-refractivity contribution is 7.22. The van der Waals surface area contributed by atoms with Gasteiger partial charge in [-0.25, -0.2) is 4.98 Å². The number of hydrogen-bond acceptors (Lipinski definition) is 6. The van der Waals surface area contributed by atoms with Crippen LogP contribution in [0, 0.1) is 17.0 Å². The Morgan fingerprint density at radius 1 is 1.36 bits per heavy atom. The van der Waals surface area contributed by atoms with E-state index in [9.17, 15) is 15.2 Å². The summed E-state index contributed by atoms with van der Waals surface area (Å²) in [5.41, 5.74) is 3.32. The lowest BCUT2D eigenvalue weighted by atomic mass is 9.97. The molecule has 2 aromatic carbocycles. The van der Waals surface area contributed by atoms with Crippen LogP contribution in [0.25, 0.3) is 10.2 Å². The minimum absolute atomic E-state index is 0.101. The maximum absolute atomic E-state index is 11.3. The third kappa shape index (κ3) is 2.69. The fraction of sp³-hybridized carbons (Fsp3) is 0.235. The van der Waals surface area contributed by atoms with Crippen molar-refractivity contribution in [3.05, 3.63) is 56.1 Å². The number of thiazole rings is 1. The van der Waals surface area contributed by atoms with E-state index in [-0.39, 0.29) is 10.7 Å². The van der Waals surface area contributed by atoms with Gasteiger partial charge in [0.15, 0.2) is 10.6 Å². The first-order chi connectivity index (χ1) is 11.9. The van der Waals surface area contributed by atoms with Crippen molar-refractivity contribution in [1.82, 2.24) is 4.98 Å². The smallest absolute Gasteiger partial charge is 0.314 e. The predicted molar refractivity (Wildman–Crippen MR) is 98.9 cm³/mol.